The number of fused-ring (bicyclic) bond motifs is 3. The molecule has 7 nitrogen and oxygen atoms in total. The quantitative estimate of drug-likeness (QED) is 0.702. The fraction of sp³-hybridized carbons (Fsp3) is 0.609. The summed E-state index contributed by atoms with van der Waals surface area (Å²) in [5, 5.41) is 5.70. The van der Waals surface area contributed by atoms with E-state index in [4.69, 9.17) is 4.74 Å². The standard InChI is InChI=1S/C23H31N3O4S/c1-13(2)17(19(27)24-12-14-8-7-11-30-14)25-20(28)18-23(3,4)31-22-16-10-6-5-9-15(16)21(29)26(18)22/h5-6,9-10,13-14,17-18,22H,7-8,11-12H2,1-4H3,(H,24,27)(H,25,28)/t14?,17-,18+,22?/m0/s1. The second-order valence-electron chi connectivity index (χ2n) is 9.39. The van der Waals surface area contributed by atoms with Crippen molar-refractivity contribution in [1.82, 2.24) is 15.5 Å². The van der Waals surface area contributed by atoms with Crippen LogP contribution in [0.5, 0.6) is 0 Å². The minimum absolute atomic E-state index is 0.0408. The van der Waals surface area contributed by atoms with Gasteiger partial charge in [0.2, 0.25) is 11.8 Å². The molecule has 0 aromatic heterocycles. The van der Waals surface area contributed by atoms with Gasteiger partial charge in [-0.1, -0.05) is 32.0 Å². The van der Waals surface area contributed by atoms with E-state index in [2.05, 4.69) is 10.6 Å². The molecule has 0 bridgehead atoms. The summed E-state index contributed by atoms with van der Waals surface area (Å²) in [6, 6.07) is 6.20. The number of nitrogens with zero attached hydrogens (tertiary/aromatic N) is 1. The Labute approximate surface area is 187 Å². The first-order chi connectivity index (χ1) is 14.7. The summed E-state index contributed by atoms with van der Waals surface area (Å²) in [6.07, 6.45) is 1.98. The van der Waals surface area contributed by atoms with Crippen molar-refractivity contribution in [3.05, 3.63) is 35.4 Å². The summed E-state index contributed by atoms with van der Waals surface area (Å²) in [6.45, 7) is 8.96. The van der Waals surface area contributed by atoms with E-state index in [-0.39, 0.29) is 35.1 Å². The molecule has 3 heterocycles. The molecule has 2 saturated heterocycles. The Balaban J connectivity index is 1.49. The lowest BCUT2D eigenvalue weighted by Gasteiger charge is -2.32. The topological polar surface area (TPSA) is 87.7 Å². The van der Waals surface area contributed by atoms with Crippen molar-refractivity contribution >= 4 is 29.5 Å². The monoisotopic (exact) mass is 445 g/mol. The average Bonchev–Trinajstić information content (AvgIpc) is 3.40. The van der Waals surface area contributed by atoms with Crippen molar-refractivity contribution in [3.63, 3.8) is 0 Å². The molecule has 31 heavy (non-hydrogen) atoms. The molecule has 8 heteroatoms. The van der Waals surface area contributed by atoms with Gasteiger partial charge in [-0.05, 0) is 44.2 Å². The highest BCUT2D eigenvalue weighted by molar-refractivity contribution is 8.01. The van der Waals surface area contributed by atoms with Crippen LogP contribution in [0.25, 0.3) is 0 Å². The van der Waals surface area contributed by atoms with Crippen LogP contribution < -0.4 is 10.6 Å². The Kier molecular flexibility index (Phi) is 6.05. The first-order valence-electron chi connectivity index (χ1n) is 11.0. The molecule has 3 amide bonds. The van der Waals surface area contributed by atoms with Gasteiger partial charge in [0.1, 0.15) is 17.5 Å². The van der Waals surface area contributed by atoms with Crippen molar-refractivity contribution in [1.29, 1.82) is 0 Å². The van der Waals surface area contributed by atoms with Crippen LogP contribution in [0.3, 0.4) is 0 Å². The predicted octanol–water partition coefficient (Wildman–Crippen LogP) is 2.47. The highest BCUT2D eigenvalue weighted by atomic mass is 32.2. The van der Waals surface area contributed by atoms with E-state index in [0.29, 0.717) is 12.1 Å². The minimum atomic E-state index is -0.672. The molecule has 0 radical (unpaired) electrons. The van der Waals surface area contributed by atoms with E-state index in [1.54, 1.807) is 16.7 Å². The molecule has 2 unspecified atom stereocenters. The molecule has 2 N–H and O–H groups in total. The van der Waals surface area contributed by atoms with Crippen LogP contribution in [0.1, 0.15) is 61.8 Å². The molecule has 0 saturated carbocycles. The molecule has 3 aliphatic heterocycles. The normalized spacial score (nSPS) is 27.2. The molecule has 1 aromatic rings. The Morgan fingerprint density at radius 2 is 2.03 bits per heavy atom. The van der Waals surface area contributed by atoms with Gasteiger partial charge in [-0.3, -0.25) is 14.4 Å². The number of carbonyl (C=O) groups is 3. The summed E-state index contributed by atoms with van der Waals surface area (Å²) in [4.78, 5) is 41.1. The van der Waals surface area contributed by atoms with Gasteiger partial charge in [0.25, 0.3) is 5.91 Å². The second kappa shape index (κ2) is 8.47. The van der Waals surface area contributed by atoms with Crippen molar-refractivity contribution < 1.29 is 19.1 Å². The molecule has 0 spiro atoms. The van der Waals surface area contributed by atoms with Gasteiger partial charge < -0.3 is 20.3 Å². The highest BCUT2D eigenvalue weighted by Gasteiger charge is 2.57. The lowest BCUT2D eigenvalue weighted by atomic mass is 9.98. The summed E-state index contributed by atoms with van der Waals surface area (Å²) in [5.41, 5.74) is 1.61. The number of hydrogen-bond donors (Lipinski definition) is 2. The Morgan fingerprint density at radius 1 is 1.29 bits per heavy atom. The number of amides is 3. The molecule has 4 rings (SSSR count). The molecule has 0 aliphatic carbocycles. The number of thioether (sulfide) groups is 1. The van der Waals surface area contributed by atoms with E-state index in [0.717, 1.165) is 25.0 Å². The maximum absolute atomic E-state index is 13.5. The van der Waals surface area contributed by atoms with Gasteiger partial charge in [-0.25, -0.2) is 0 Å². The summed E-state index contributed by atoms with van der Waals surface area (Å²) < 4.78 is 5.10. The second-order valence-corrected chi connectivity index (χ2v) is 11.1. The zero-order valence-corrected chi connectivity index (χ0v) is 19.3. The Hall–Kier alpha value is -2.06. The molecule has 4 atom stereocenters. The predicted molar refractivity (Wildman–Crippen MR) is 120 cm³/mol. The average molecular weight is 446 g/mol. The molecule has 2 fully saturated rings. The van der Waals surface area contributed by atoms with Gasteiger partial charge in [0.05, 0.1) is 6.10 Å². The number of rotatable bonds is 6. The molecule has 1 aromatic carbocycles. The van der Waals surface area contributed by atoms with Crippen LogP contribution in [0.2, 0.25) is 0 Å². The van der Waals surface area contributed by atoms with Crippen LogP contribution in [0.15, 0.2) is 24.3 Å². The fourth-order valence-electron chi connectivity index (χ4n) is 4.70. The van der Waals surface area contributed by atoms with Crippen LogP contribution in [-0.2, 0) is 14.3 Å². The Morgan fingerprint density at radius 3 is 2.71 bits per heavy atom. The first-order valence-corrected chi connectivity index (χ1v) is 11.9. The summed E-state index contributed by atoms with van der Waals surface area (Å²) >= 11 is 1.62. The lowest BCUT2D eigenvalue weighted by Crippen LogP contribution is -2.58. The minimum Gasteiger partial charge on any atom is -0.376 e. The van der Waals surface area contributed by atoms with E-state index in [1.807, 2.05) is 52.0 Å². The smallest absolute Gasteiger partial charge is 0.256 e. The number of nitrogens with one attached hydrogen (secondary N) is 2. The number of carbonyl (C=O) groups excluding carboxylic acids is 3. The fourth-order valence-corrected chi connectivity index (χ4v) is 6.29. The van der Waals surface area contributed by atoms with Gasteiger partial charge in [0.15, 0.2) is 0 Å². The van der Waals surface area contributed by atoms with Crippen molar-refractivity contribution in [2.75, 3.05) is 13.2 Å². The van der Waals surface area contributed by atoms with Crippen molar-refractivity contribution in [3.8, 4) is 0 Å². The third-order valence-electron chi connectivity index (χ3n) is 6.32. The molecular formula is C23H31N3O4S. The van der Waals surface area contributed by atoms with Gasteiger partial charge in [-0.15, -0.1) is 11.8 Å². The van der Waals surface area contributed by atoms with Crippen LogP contribution >= 0.6 is 11.8 Å². The maximum Gasteiger partial charge on any atom is 0.256 e. The van der Waals surface area contributed by atoms with E-state index >= 15 is 0 Å². The first kappa shape index (κ1) is 22.1. The zero-order valence-electron chi connectivity index (χ0n) is 18.5. The summed E-state index contributed by atoms with van der Waals surface area (Å²) in [7, 11) is 0. The Bertz CT molecular complexity index is 881. The number of ether oxygens (including phenoxy) is 1. The van der Waals surface area contributed by atoms with E-state index in [1.165, 1.54) is 0 Å². The van der Waals surface area contributed by atoms with Crippen LogP contribution in [0, 0.1) is 5.92 Å². The van der Waals surface area contributed by atoms with Gasteiger partial charge >= 0.3 is 0 Å². The third kappa shape index (κ3) is 4.07. The van der Waals surface area contributed by atoms with E-state index < -0.39 is 16.8 Å². The number of hydrogen-bond acceptors (Lipinski definition) is 5. The van der Waals surface area contributed by atoms with E-state index in [9.17, 15) is 14.4 Å². The SMILES string of the molecule is CC(C)[C@H](NC(=O)[C@H]1N2C(=O)c3ccccc3C2SC1(C)C)C(=O)NCC1CCCO1. The molecule has 168 valence electrons. The van der Waals surface area contributed by atoms with Crippen LogP contribution in [0.4, 0.5) is 0 Å². The van der Waals surface area contributed by atoms with Crippen molar-refractivity contribution in [2.24, 2.45) is 5.92 Å². The largest absolute Gasteiger partial charge is 0.376 e. The number of benzene rings is 1. The lowest BCUT2D eigenvalue weighted by molar-refractivity contribution is -0.133. The maximum atomic E-state index is 13.5. The zero-order chi connectivity index (χ0) is 22.3. The highest BCUT2D eigenvalue weighted by Crippen LogP contribution is 2.56. The molecule has 3 aliphatic rings. The van der Waals surface area contributed by atoms with Gasteiger partial charge in [-0.2, -0.15) is 0 Å². The van der Waals surface area contributed by atoms with Gasteiger partial charge in [0, 0.05) is 23.5 Å². The third-order valence-corrected chi connectivity index (χ3v) is 7.85. The van der Waals surface area contributed by atoms with Crippen molar-refractivity contribution in [2.45, 2.75) is 68.8 Å². The van der Waals surface area contributed by atoms with Crippen LogP contribution in [-0.4, -0.2) is 58.7 Å². The summed E-state index contributed by atoms with van der Waals surface area (Å²) in [5.74, 6) is -0.711. The molecular weight excluding hydrogens is 414 g/mol.